The molecule has 2 fully saturated rings. The SMILES string of the molecule is CC1(C)CN(C(=O)C2CCCC(C(=O)O)C2)CC(CO)O1. The molecule has 120 valence electrons. The molecular formula is C15H25NO5. The zero-order valence-corrected chi connectivity index (χ0v) is 12.7. The lowest BCUT2D eigenvalue weighted by Crippen LogP contribution is -2.57. The second-order valence-electron chi connectivity index (χ2n) is 6.80. The standard InChI is InChI=1S/C15H25NO5/c1-15(2)9-16(7-12(8-17)21-15)13(18)10-4-3-5-11(6-10)14(19)20/h10-12,17H,3-9H2,1-2H3,(H,19,20). The summed E-state index contributed by atoms with van der Waals surface area (Å²) in [6, 6.07) is 0. The van der Waals surface area contributed by atoms with Crippen molar-refractivity contribution in [3.8, 4) is 0 Å². The molecule has 1 heterocycles. The van der Waals surface area contributed by atoms with Crippen LogP contribution in [0.1, 0.15) is 39.5 Å². The fourth-order valence-corrected chi connectivity index (χ4v) is 3.46. The van der Waals surface area contributed by atoms with E-state index in [1.54, 1.807) is 4.90 Å². The highest BCUT2D eigenvalue weighted by Gasteiger charge is 2.39. The lowest BCUT2D eigenvalue weighted by atomic mass is 9.80. The minimum atomic E-state index is -0.803. The maximum atomic E-state index is 12.7. The van der Waals surface area contributed by atoms with E-state index in [-0.39, 0.29) is 24.5 Å². The fraction of sp³-hybridized carbons (Fsp3) is 0.867. The van der Waals surface area contributed by atoms with Gasteiger partial charge in [-0.2, -0.15) is 0 Å². The Balaban J connectivity index is 2.03. The first kappa shape index (κ1) is 16.2. The first-order valence-corrected chi connectivity index (χ1v) is 7.62. The van der Waals surface area contributed by atoms with Crippen LogP contribution in [0.4, 0.5) is 0 Å². The molecule has 2 rings (SSSR count). The Morgan fingerprint density at radius 2 is 1.95 bits per heavy atom. The minimum Gasteiger partial charge on any atom is -0.481 e. The van der Waals surface area contributed by atoms with Gasteiger partial charge in [0.05, 0.1) is 24.2 Å². The second kappa shape index (κ2) is 6.32. The Bertz CT molecular complexity index is 409. The van der Waals surface area contributed by atoms with Gasteiger partial charge in [0, 0.05) is 19.0 Å². The number of carboxylic acid groups (broad SMARTS) is 1. The number of carboxylic acids is 1. The first-order valence-electron chi connectivity index (χ1n) is 7.62. The molecule has 3 unspecified atom stereocenters. The Morgan fingerprint density at radius 3 is 2.57 bits per heavy atom. The third-order valence-corrected chi connectivity index (χ3v) is 4.37. The third kappa shape index (κ3) is 3.95. The molecule has 0 aromatic rings. The van der Waals surface area contributed by atoms with Crippen molar-refractivity contribution in [1.82, 2.24) is 4.90 Å². The number of hydrogen-bond donors (Lipinski definition) is 2. The van der Waals surface area contributed by atoms with Crippen LogP contribution in [-0.4, -0.2) is 58.4 Å². The van der Waals surface area contributed by atoms with Crippen LogP contribution in [0, 0.1) is 11.8 Å². The topological polar surface area (TPSA) is 87.1 Å². The highest BCUT2D eigenvalue weighted by atomic mass is 16.5. The molecule has 1 aliphatic carbocycles. The number of aliphatic hydroxyl groups is 1. The molecule has 0 bridgehead atoms. The number of aliphatic carboxylic acids is 1. The number of nitrogens with zero attached hydrogens (tertiary/aromatic N) is 1. The zero-order chi connectivity index (χ0) is 15.6. The van der Waals surface area contributed by atoms with Gasteiger partial charge in [-0.05, 0) is 33.1 Å². The number of carbonyl (C=O) groups excluding carboxylic acids is 1. The number of ether oxygens (including phenoxy) is 1. The van der Waals surface area contributed by atoms with Crippen molar-refractivity contribution < 1.29 is 24.5 Å². The number of carbonyl (C=O) groups is 2. The summed E-state index contributed by atoms with van der Waals surface area (Å²) in [4.78, 5) is 25.5. The Hall–Kier alpha value is -1.14. The normalized spacial score (nSPS) is 32.7. The summed E-state index contributed by atoms with van der Waals surface area (Å²) in [5.41, 5.74) is -0.484. The average Bonchev–Trinajstić information content (AvgIpc) is 2.44. The summed E-state index contributed by atoms with van der Waals surface area (Å²) in [7, 11) is 0. The lowest BCUT2D eigenvalue weighted by molar-refractivity contribution is -0.171. The predicted octanol–water partition coefficient (Wildman–Crippen LogP) is 0.876. The van der Waals surface area contributed by atoms with E-state index in [1.165, 1.54) is 0 Å². The number of hydrogen-bond acceptors (Lipinski definition) is 4. The highest BCUT2D eigenvalue weighted by Crippen LogP contribution is 2.32. The number of amides is 1. The van der Waals surface area contributed by atoms with Gasteiger partial charge in [0.15, 0.2) is 0 Å². The summed E-state index contributed by atoms with van der Waals surface area (Å²) in [6.45, 7) is 4.55. The molecule has 6 nitrogen and oxygen atoms in total. The van der Waals surface area contributed by atoms with Gasteiger partial charge in [-0.25, -0.2) is 0 Å². The molecule has 2 aliphatic rings. The summed E-state index contributed by atoms with van der Waals surface area (Å²) in [6.07, 6.45) is 2.26. The first-order chi connectivity index (χ1) is 9.82. The van der Waals surface area contributed by atoms with Gasteiger partial charge >= 0.3 is 5.97 Å². The van der Waals surface area contributed by atoms with Crippen molar-refractivity contribution in [2.24, 2.45) is 11.8 Å². The third-order valence-electron chi connectivity index (χ3n) is 4.37. The second-order valence-corrected chi connectivity index (χ2v) is 6.80. The number of rotatable bonds is 3. The van der Waals surface area contributed by atoms with Crippen LogP contribution in [0.2, 0.25) is 0 Å². The molecule has 0 spiro atoms. The highest BCUT2D eigenvalue weighted by molar-refractivity contribution is 5.80. The summed E-state index contributed by atoms with van der Waals surface area (Å²) < 4.78 is 5.71. The Kier molecular flexibility index (Phi) is 4.88. The molecule has 21 heavy (non-hydrogen) atoms. The number of aliphatic hydroxyl groups excluding tert-OH is 1. The Morgan fingerprint density at radius 1 is 1.29 bits per heavy atom. The van der Waals surface area contributed by atoms with E-state index >= 15 is 0 Å². The summed E-state index contributed by atoms with van der Waals surface area (Å²) >= 11 is 0. The quantitative estimate of drug-likeness (QED) is 0.807. The van der Waals surface area contributed by atoms with Crippen LogP contribution in [-0.2, 0) is 14.3 Å². The summed E-state index contributed by atoms with van der Waals surface area (Å²) in [5, 5.41) is 18.4. The van der Waals surface area contributed by atoms with Crippen LogP contribution >= 0.6 is 0 Å². The predicted molar refractivity (Wildman–Crippen MR) is 75.7 cm³/mol. The summed E-state index contributed by atoms with van der Waals surface area (Å²) in [5.74, 6) is -1.41. The molecule has 1 aliphatic heterocycles. The molecular weight excluding hydrogens is 274 g/mol. The van der Waals surface area contributed by atoms with E-state index < -0.39 is 17.5 Å². The molecule has 1 saturated heterocycles. The smallest absolute Gasteiger partial charge is 0.306 e. The molecule has 0 aromatic carbocycles. The molecule has 1 saturated carbocycles. The maximum Gasteiger partial charge on any atom is 0.306 e. The van der Waals surface area contributed by atoms with E-state index in [2.05, 4.69) is 0 Å². The largest absolute Gasteiger partial charge is 0.481 e. The zero-order valence-electron chi connectivity index (χ0n) is 12.7. The van der Waals surface area contributed by atoms with Crippen molar-refractivity contribution in [2.45, 2.75) is 51.2 Å². The fourth-order valence-electron chi connectivity index (χ4n) is 3.46. The molecule has 1 amide bonds. The van der Waals surface area contributed by atoms with Gasteiger partial charge in [-0.3, -0.25) is 9.59 Å². The van der Waals surface area contributed by atoms with Crippen molar-refractivity contribution in [3.63, 3.8) is 0 Å². The van der Waals surface area contributed by atoms with Crippen molar-refractivity contribution >= 4 is 11.9 Å². The monoisotopic (exact) mass is 299 g/mol. The molecule has 0 aromatic heterocycles. The van der Waals surface area contributed by atoms with Crippen LogP contribution in [0.3, 0.4) is 0 Å². The van der Waals surface area contributed by atoms with Crippen LogP contribution in [0.5, 0.6) is 0 Å². The van der Waals surface area contributed by atoms with E-state index in [0.29, 0.717) is 25.9 Å². The van der Waals surface area contributed by atoms with Gasteiger partial charge in [0.25, 0.3) is 0 Å². The van der Waals surface area contributed by atoms with Crippen LogP contribution in [0.15, 0.2) is 0 Å². The molecule has 2 N–H and O–H groups in total. The van der Waals surface area contributed by atoms with Gasteiger partial charge in [0.2, 0.25) is 5.91 Å². The van der Waals surface area contributed by atoms with Crippen LogP contribution < -0.4 is 0 Å². The van der Waals surface area contributed by atoms with E-state index in [9.17, 15) is 14.7 Å². The van der Waals surface area contributed by atoms with Crippen molar-refractivity contribution in [2.75, 3.05) is 19.7 Å². The molecule has 0 radical (unpaired) electrons. The van der Waals surface area contributed by atoms with E-state index in [0.717, 1.165) is 12.8 Å². The van der Waals surface area contributed by atoms with Gasteiger partial charge in [0.1, 0.15) is 0 Å². The van der Waals surface area contributed by atoms with E-state index in [1.807, 2.05) is 13.8 Å². The minimum absolute atomic E-state index is 0.00998. The average molecular weight is 299 g/mol. The Labute approximate surface area is 125 Å². The maximum absolute atomic E-state index is 12.7. The van der Waals surface area contributed by atoms with Crippen LogP contribution in [0.25, 0.3) is 0 Å². The van der Waals surface area contributed by atoms with Crippen molar-refractivity contribution in [1.29, 1.82) is 0 Å². The van der Waals surface area contributed by atoms with Gasteiger partial charge in [-0.15, -0.1) is 0 Å². The molecule has 6 heteroatoms. The van der Waals surface area contributed by atoms with E-state index in [4.69, 9.17) is 9.84 Å². The lowest BCUT2D eigenvalue weighted by Gasteiger charge is -2.43. The van der Waals surface area contributed by atoms with Crippen molar-refractivity contribution in [3.05, 3.63) is 0 Å². The molecule has 3 atom stereocenters. The van der Waals surface area contributed by atoms with Gasteiger partial charge < -0.3 is 19.8 Å². The van der Waals surface area contributed by atoms with Gasteiger partial charge in [-0.1, -0.05) is 6.42 Å². The number of morpholine rings is 1.